The van der Waals surface area contributed by atoms with Crippen molar-refractivity contribution < 1.29 is 28.5 Å². The minimum absolute atomic E-state index is 0.165. The molecule has 1 heterocycles. The van der Waals surface area contributed by atoms with E-state index in [1.807, 2.05) is 24.3 Å². The predicted octanol–water partition coefficient (Wildman–Crippen LogP) is 4.35. The average molecular weight is 586 g/mol. The van der Waals surface area contributed by atoms with Gasteiger partial charge in [0.2, 0.25) is 5.90 Å². The van der Waals surface area contributed by atoms with Gasteiger partial charge in [0.05, 0.1) is 18.2 Å². The maximum absolute atomic E-state index is 12.2. The number of carbonyl (C=O) groups excluding carboxylic acids is 2. The van der Waals surface area contributed by atoms with Gasteiger partial charge in [-0.3, -0.25) is 0 Å². The summed E-state index contributed by atoms with van der Waals surface area (Å²) >= 11 is 5.61. The fraction of sp³-hybridized carbons (Fsp3) is 0.190. The number of hydrogen-bond acceptors (Lipinski definition) is 7. The van der Waals surface area contributed by atoms with E-state index in [-0.39, 0.29) is 24.8 Å². The van der Waals surface area contributed by atoms with Gasteiger partial charge in [-0.1, -0.05) is 0 Å². The molecule has 156 valence electrons. The van der Waals surface area contributed by atoms with Gasteiger partial charge < -0.3 is 18.9 Å². The Morgan fingerprint density at radius 2 is 2.00 bits per heavy atom. The van der Waals surface area contributed by atoms with Crippen LogP contribution in [0, 0.1) is 3.57 Å². The first kappa shape index (κ1) is 22.3. The van der Waals surface area contributed by atoms with Gasteiger partial charge in [-0.05, 0) is 93.5 Å². The Morgan fingerprint density at radius 3 is 2.67 bits per heavy atom. The second kappa shape index (κ2) is 10.1. The second-order valence-electron chi connectivity index (χ2n) is 5.97. The number of benzene rings is 2. The molecular weight excluding hydrogens is 569 g/mol. The minimum atomic E-state index is -0.540. The maximum atomic E-state index is 12.2. The summed E-state index contributed by atoms with van der Waals surface area (Å²) in [4.78, 5) is 28.1. The SMILES string of the molecule is CCOC(=O)COc1c(Br)cc(/C=C2\N=C(c3ccc(I)cc3)OC2=O)cc1OC. The number of methoxy groups -OCH3 is 1. The van der Waals surface area contributed by atoms with Crippen LogP contribution in [0.5, 0.6) is 11.5 Å². The van der Waals surface area contributed by atoms with E-state index in [1.165, 1.54) is 7.11 Å². The lowest BCUT2D eigenvalue weighted by atomic mass is 10.1. The van der Waals surface area contributed by atoms with Crippen LogP contribution >= 0.6 is 38.5 Å². The van der Waals surface area contributed by atoms with E-state index in [4.69, 9.17) is 18.9 Å². The minimum Gasteiger partial charge on any atom is -0.493 e. The standard InChI is InChI=1S/C21H17BrINO6/c1-3-28-18(25)11-29-19-15(22)8-12(10-17(19)27-2)9-16-21(26)30-20(24-16)13-4-6-14(23)7-5-13/h4-10H,3,11H2,1-2H3/b16-9-. The number of nitrogens with zero attached hydrogens (tertiary/aromatic N) is 1. The van der Waals surface area contributed by atoms with E-state index in [2.05, 4.69) is 43.5 Å². The summed E-state index contributed by atoms with van der Waals surface area (Å²) in [5.41, 5.74) is 1.52. The number of carbonyl (C=O) groups is 2. The Hall–Kier alpha value is -2.40. The summed E-state index contributed by atoms with van der Waals surface area (Å²) in [6, 6.07) is 10.9. The average Bonchev–Trinajstić information content (AvgIpc) is 3.07. The molecule has 0 saturated carbocycles. The molecule has 2 aromatic carbocycles. The van der Waals surface area contributed by atoms with Gasteiger partial charge >= 0.3 is 11.9 Å². The molecule has 0 amide bonds. The van der Waals surface area contributed by atoms with Gasteiger partial charge in [-0.15, -0.1) is 0 Å². The Kier molecular flexibility index (Phi) is 7.48. The maximum Gasteiger partial charge on any atom is 0.363 e. The molecule has 0 spiro atoms. The van der Waals surface area contributed by atoms with Crippen LogP contribution in [0.15, 0.2) is 51.6 Å². The van der Waals surface area contributed by atoms with E-state index in [9.17, 15) is 9.59 Å². The smallest absolute Gasteiger partial charge is 0.363 e. The summed E-state index contributed by atoms with van der Waals surface area (Å²) in [5, 5.41) is 0. The number of cyclic esters (lactones) is 1. The second-order valence-corrected chi connectivity index (χ2v) is 8.07. The molecule has 0 aliphatic carbocycles. The highest BCUT2D eigenvalue weighted by Gasteiger charge is 2.24. The molecule has 0 atom stereocenters. The fourth-order valence-electron chi connectivity index (χ4n) is 2.58. The normalized spacial score (nSPS) is 14.3. The van der Waals surface area contributed by atoms with Crippen LogP contribution in [0.4, 0.5) is 0 Å². The zero-order valence-corrected chi connectivity index (χ0v) is 19.9. The third kappa shape index (κ3) is 5.39. The molecule has 30 heavy (non-hydrogen) atoms. The van der Waals surface area contributed by atoms with Gasteiger partial charge in [0.15, 0.2) is 23.8 Å². The lowest BCUT2D eigenvalue weighted by Gasteiger charge is -2.13. The number of halogens is 2. The molecule has 0 N–H and O–H groups in total. The molecule has 7 nitrogen and oxygen atoms in total. The van der Waals surface area contributed by atoms with Crippen molar-refractivity contribution in [1.29, 1.82) is 0 Å². The van der Waals surface area contributed by atoms with Crippen LogP contribution in [0.1, 0.15) is 18.1 Å². The highest BCUT2D eigenvalue weighted by Crippen LogP contribution is 2.37. The van der Waals surface area contributed by atoms with Crippen molar-refractivity contribution in [3.05, 3.63) is 61.3 Å². The number of hydrogen-bond donors (Lipinski definition) is 0. The van der Waals surface area contributed by atoms with Crippen LogP contribution in [-0.4, -0.2) is 38.2 Å². The van der Waals surface area contributed by atoms with Crippen molar-refractivity contribution >= 4 is 62.4 Å². The molecule has 0 radical (unpaired) electrons. The number of ether oxygens (including phenoxy) is 4. The number of aliphatic imine (C=N–C) groups is 1. The first-order valence-corrected chi connectivity index (χ1v) is 10.7. The zero-order chi connectivity index (χ0) is 21.7. The Balaban J connectivity index is 1.85. The first-order chi connectivity index (χ1) is 14.4. The lowest BCUT2D eigenvalue weighted by molar-refractivity contribution is -0.145. The third-order valence-electron chi connectivity index (χ3n) is 3.91. The van der Waals surface area contributed by atoms with Gasteiger partial charge in [0, 0.05) is 9.13 Å². The van der Waals surface area contributed by atoms with Crippen molar-refractivity contribution in [2.24, 2.45) is 4.99 Å². The molecule has 2 aromatic rings. The van der Waals surface area contributed by atoms with E-state index < -0.39 is 11.9 Å². The fourth-order valence-corrected chi connectivity index (χ4v) is 3.51. The van der Waals surface area contributed by atoms with E-state index in [0.717, 1.165) is 3.57 Å². The van der Waals surface area contributed by atoms with Crippen molar-refractivity contribution in [2.45, 2.75) is 6.92 Å². The van der Waals surface area contributed by atoms with Crippen LogP contribution < -0.4 is 9.47 Å². The highest BCUT2D eigenvalue weighted by molar-refractivity contribution is 14.1. The molecule has 3 rings (SSSR count). The summed E-state index contributed by atoms with van der Waals surface area (Å²) in [7, 11) is 1.48. The van der Waals surface area contributed by atoms with Crippen molar-refractivity contribution in [2.75, 3.05) is 20.3 Å². The predicted molar refractivity (Wildman–Crippen MR) is 123 cm³/mol. The van der Waals surface area contributed by atoms with Crippen LogP contribution in [0.3, 0.4) is 0 Å². The third-order valence-corrected chi connectivity index (χ3v) is 5.21. The van der Waals surface area contributed by atoms with E-state index >= 15 is 0 Å². The molecule has 9 heteroatoms. The molecule has 0 unspecified atom stereocenters. The summed E-state index contributed by atoms with van der Waals surface area (Å²) in [6.45, 7) is 1.74. The van der Waals surface area contributed by atoms with Gasteiger partial charge in [-0.2, -0.15) is 0 Å². The molecule has 0 bridgehead atoms. The molecule has 0 saturated heterocycles. The summed E-state index contributed by atoms with van der Waals surface area (Å²) in [6.07, 6.45) is 1.59. The van der Waals surface area contributed by atoms with E-state index in [0.29, 0.717) is 27.1 Å². The van der Waals surface area contributed by atoms with Crippen LogP contribution in [0.25, 0.3) is 6.08 Å². The Bertz CT molecular complexity index is 1030. The van der Waals surface area contributed by atoms with Crippen molar-refractivity contribution in [3.8, 4) is 11.5 Å². The first-order valence-electron chi connectivity index (χ1n) is 8.85. The summed E-state index contributed by atoms with van der Waals surface area (Å²) in [5.74, 6) is -0.0355. The Labute approximate surface area is 195 Å². The molecule has 1 aliphatic heterocycles. The molecule has 1 aliphatic rings. The lowest BCUT2D eigenvalue weighted by Crippen LogP contribution is -2.15. The van der Waals surface area contributed by atoms with Crippen molar-refractivity contribution in [3.63, 3.8) is 0 Å². The van der Waals surface area contributed by atoms with Crippen LogP contribution in [-0.2, 0) is 19.1 Å². The monoisotopic (exact) mass is 585 g/mol. The number of esters is 2. The summed E-state index contributed by atoms with van der Waals surface area (Å²) < 4.78 is 22.6. The molecular formula is C21H17BrINO6. The number of rotatable bonds is 7. The Morgan fingerprint density at radius 1 is 1.27 bits per heavy atom. The molecule has 0 fully saturated rings. The van der Waals surface area contributed by atoms with Gasteiger partial charge in [0.25, 0.3) is 0 Å². The van der Waals surface area contributed by atoms with Crippen molar-refractivity contribution in [1.82, 2.24) is 0 Å². The van der Waals surface area contributed by atoms with Crippen LogP contribution in [0.2, 0.25) is 0 Å². The van der Waals surface area contributed by atoms with Gasteiger partial charge in [-0.25, -0.2) is 14.6 Å². The molecule has 0 aromatic heterocycles. The highest BCUT2D eigenvalue weighted by atomic mass is 127. The van der Waals surface area contributed by atoms with E-state index in [1.54, 1.807) is 25.1 Å². The van der Waals surface area contributed by atoms with Gasteiger partial charge in [0.1, 0.15) is 0 Å². The topological polar surface area (TPSA) is 83.4 Å². The zero-order valence-electron chi connectivity index (χ0n) is 16.1. The largest absolute Gasteiger partial charge is 0.493 e. The quantitative estimate of drug-likeness (QED) is 0.273.